The Morgan fingerprint density at radius 3 is 2.20 bits per heavy atom. The number of carbonyl (C=O) groups excluding carboxylic acids is 1. The quantitative estimate of drug-likeness (QED) is 0.253. The molecule has 1 amide bonds. The van der Waals surface area contributed by atoms with Gasteiger partial charge in [-0.25, -0.2) is 0 Å². The fourth-order valence-electron chi connectivity index (χ4n) is 3.04. The molecule has 3 aromatic rings. The molecule has 0 bridgehead atoms. The minimum Gasteiger partial charge on any atom is -0.506 e. The van der Waals surface area contributed by atoms with Crippen LogP contribution in [0.25, 0.3) is 0 Å². The zero-order valence-electron chi connectivity index (χ0n) is 20.2. The van der Waals surface area contributed by atoms with Crippen LogP contribution < -0.4 is 24.8 Å². The number of aromatic hydroxyl groups is 1. The van der Waals surface area contributed by atoms with Crippen LogP contribution in [0.2, 0.25) is 0 Å². The van der Waals surface area contributed by atoms with Crippen molar-refractivity contribution in [1.82, 2.24) is 0 Å². The maximum Gasteiger partial charge on any atom is 0.227 e. The number of rotatable bonds is 10. The molecule has 0 aliphatic carbocycles. The lowest BCUT2D eigenvalue weighted by Crippen LogP contribution is -2.24. The van der Waals surface area contributed by atoms with Gasteiger partial charge in [0.05, 0.1) is 30.1 Å². The molecular formula is C27H29N3O5. The van der Waals surface area contributed by atoms with Crippen molar-refractivity contribution in [3.63, 3.8) is 0 Å². The summed E-state index contributed by atoms with van der Waals surface area (Å²) in [6.07, 6.45) is 0. The van der Waals surface area contributed by atoms with Gasteiger partial charge in [0, 0.05) is 18.1 Å². The van der Waals surface area contributed by atoms with Crippen LogP contribution in [0, 0.1) is 23.2 Å². The second-order valence-electron chi connectivity index (χ2n) is 8.27. The van der Waals surface area contributed by atoms with Gasteiger partial charge in [-0.2, -0.15) is 5.26 Å². The van der Waals surface area contributed by atoms with E-state index in [0.717, 1.165) is 0 Å². The maximum absolute atomic E-state index is 12.7. The molecule has 182 valence electrons. The third-order valence-corrected chi connectivity index (χ3v) is 5.54. The molecule has 8 nitrogen and oxygen atoms in total. The summed E-state index contributed by atoms with van der Waals surface area (Å²) in [5.41, 5.74) is 1.24. The molecule has 8 heteroatoms. The van der Waals surface area contributed by atoms with E-state index in [4.69, 9.17) is 19.5 Å². The number of nitrogens with zero attached hydrogens (tertiary/aromatic N) is 1. The van der Waals surface area contributed by atoms with E-state index in [1.807, 2.05) is 20.8 Å². The number of phenolic OH excluding ortho intramolecular Hbond substituents is 1. The number of anilines is 2. The van der Waals surface area contributed by atoms with Crippen molar-refractivity contribution < 1.29 is 24.1 Å². The highest BCUT2D eigenvalue weighted by atomic mass is 16.5. The van der Waals surface area contributed by atoms with Crippen LogP contribution in [0.15, 0.2) is 60.7 Å². The van der Waals surface area contributed by atoms with Crippen molar-refractivity contribution in [3.8, 4) is 34.8 Å². The Bertz CT molecular complexity index is 1190. The molecule has 0 saturated carbocycles. The van der Waals surface area contributed by atoms with Crippen LogP contribution in [0.1, 0.15) is 26.3 Å². The molecule has 35 heavy (non-hydrogen) atoms. The first-order valence-corrected chi connectivity index (χ1v) is 11.2. The van der Waals surface area contributed by atoms with Crippen molar-refractivity contribution in [3.05, 3.63) is 66.2 Å². The van der Waals surface area contributed by atoms with Gasteiger partial charge in [0.15, 0.2) is 12.5 Å². The van der Waals surface area contributed by atoms with Gasteiger partial charge in [0.2, 0.25) is 5.91 Å². The first-order chi connectivity index (χ1) is 16.8. The maximum atomic E-state index is 12.7. The van der Waals surface area contributed by atoms with E-state index in [1.165, 1.54) is 6.07 Å². The van der Waals surface area contributed by atoms with Gasteiger partial charge in [0.1, 0.15) is 23.0 Å². The van der Waals surface area contributed by atoms with E-state index in [0.29, 0.717) is 39.9 Å². The van der Waals surface area contributed by atoms with Crippen molar-refractivity contribution in [2.75, 3.05) is 24.5 Å². The molecule has 3 N–H and O–H groups in total. The van der Waals surface area contributed by atoms with Gasteiger partial charge < -0.3 is 30.0 Å². The normalized spacial score (nSPS) is 11.3. The molecule has 0 radical (unpaired) electrons. The van der Waals surface area contributed by atoms with Crippen molar-refractivity contribution in [1.29, 1.82) is 5.26 Å². The van der Waals surface area contributed by atoms with Crippen molar-refractivity contribution >= 4 is 17.3 Å². The third kappa shape index (κ3) is 6.81. The lowest BCUT2D eigenvalue weighted by Gasteiger charge is -2.19. The Labute approximate surface area is 205 Å². The van der Waals surface area contributed by atoms with E-state index in [2.05, 4.69) is 16.7 Å². The summed E-state index contributed by atoms with van der Waals surface area (Å²) in [4.78, 5) is 12.7. The molecule has 0 fully saturated rings. The highest BCUT2D eigenvalue weighted by Gasteiger charge is 2.20. The van der Waals surface area contributed by atoms with Crippen LogP contribution in [-0.4, -0.2) is 24.9 Å². The molecule has 0 aliphatic rings. The number of ether oxygens (including phenoxy) is 3. The number of nitriles is 1. The minimum absolute atomic E-state index is 0.0531. The molecule has 0 spiro atoms. The Morgan fingerprint density at radius 1 is 0.971 bits per heavy atom. The van der Waals surface area contributed by atoms with E-state index >= 15 is 0 Å². The monoisotopic (exact) mass is 475 g/mol. The molecule has 0 aliphatic heterocycles. The molecule has 0 heterocycles. The van der Waals surface area contributed by atoms with Crippen LogP contribution >= 0.6 is 0 Å². The fraction of sp³-hybridized carbons (Fsp3) is 0.259. The van der Waals surface area contributed by atoms with E-state index in [9.17, 15) is 9.90 Å². The molecule has 1 atom stereocenters. The topological polar surface area (TPSA) is 113 Å². The average Bonchev–Trinajstić information content (AvgIpc) is 2.86. The summed E-state index contributed by atoms with van der Waals surface area (Å²) in [7, 11) is 1.58. The molecule has 3 rings (SSSR count). The molecule has 3 aromatic carbocycles. The molecule has 0 aromatic heterocycles. The molecule has 1 unspecified atom stereocenters. The Balaban J connectivity index is 1.81. The van der Waals surface area contributed by atoms with Gasteiger partial charge in [-0.15, -0.1) is 0 Å². The van der Waals surface area contributed by atoms with Gasteiger partial charge in [-0.1, -0.05) is 20.8 Å². The number of nitrogens with one attached hydrogen (secondary N) is 2. The number of carbonyl (C=O) groups is 1. The van der Waals surface area contributed by atoms with Crippen LogP contribution in [0.3, 0.4) is 0 Å². The summed E-state index contributed by atoms with van der Waals surface area (Å²) in [5.74, 6) is 1.79. The smallest absolute Gasteiger partial charge is 0.227 e. The Kier molecular flexibility index (Phi) is 8.41. The van der Waals surface area contributed by atoms with Crippen LogP contribution in [0.4, 0.5) is 11.4 Å². The van der Waals surface area contributed by atoms with Gasteiger partial charge >= 0.3 is 0 Å². The van der Waals surface area contributed by atoms with Gasteiger partial charge in [-0.05, 0) is 54.4 Å². The average molecular weight is 476 g/mol. The highest BCUT2D eigenvalue weighted by Crippen LogP contribution is 2.39. The lowest BCUT2D eigenvalue weighted by molar-refractivity contribution is -0.120. The van der Waals surface area contributed by atoms with Crippen LogP contribution in [0.5, 0.6) is 28.7 Å². The number of phenols is 1. The number of amides is 1. The standard InChI is InChI=1S/C27H29N3O5/c1-17(2)18(3)27(32)30-24-13-25(31)23(29-16-34-21-7-5-19(15-28)6-8-21)14-26(24)35-22-11-9-20(33-4)10-12-22/h5-14,17-18,29,31H,16H2,1-4H3,(H,30,32). The Hall–Kier alpha value is -4.38. The fourth-order valence-corrected chi connectivity index (χ4v) is 3.04. The van der Waals surface area contributed by atoms with E-state index in [1.54, 1.807) is 61.7 Å². The third-order valence-electron chi connectivity index (χ3n) is 5.54. The predicted octanol–water partition coefficient (Wildman–Crippen LogP) is 5.74. The largest absolute Gasteiger partial charge is 0.506 e. The summed E-state index contributed by atoms with van der Waals surface area (Å²) in [6, 6.07) is 18.8. The van der Waals surface area contributed by atoms with Gasteiger partial charge in [-0.3, -0.25) is 4.79 Å². The zero-order valence-corrected chi connectivity index (χ0v) is 20.2. The summed E-state index contributed by atoms with van der Waals surface area (Å²) < 4.78 is 16.9. The second-order valence-corrected chi connectivity index (χ2v) is 8.27. The number of benzene rings is 3. The lowest BCUT2D eigenvalue weighted by atomic mass is 9.97. The summed E-state index contributed by atoms with van der Waals surface area (Å²) >= 11 is 0. The van der Waals surface area contributed by atoms with E-state index < -0.39 is 0 Å². The van der Waals surface area contributed by atoms with Crippen molar-refractivity contribution in [2.24, 2.45) is 11.8 Å². The summed E-state index contributed by atoms with van der Waals surface area (Å²) in [5, 5.41) is 25.4. The summed E-state index contributed by atoms with van der Waals surface area (Å²) in [6.45, 7) is 5.84. The van der Waals surface area contributed by atoms with Crippen molar-refractivity contribution in [2.45, 2.75) is 20.8 Å². The number of methoxy groups -OCH3 is 1. The zero-order chi connectivity index (χ0) is 25.4. The highest BCUT2D eigenvalue weighted by molar-refractivity contribution is 5.95. The number of hydrogen-bond acceptors (Lipinski definition) is 7. The first kappa shape index (κ1) is 25.2. The van der Waals surface area contributed by atoms with Gasteiger partial charge in [0.25, 0.3) is 0 Å². The Morgan fingerprint density at radius 2 is 1.60 bits per heavy atom. The van der Waals surface area contributed by atoms with Crippen LogP contribution in [-0.2, 0) is 4.79 Å². The first-order valence-electron chi connectivity index (χ1n) is 11.2. The second kappa shape index (κ2) is 11.7. The van der Waals surface area contributed by atoms with E-state index in [-0.39, 0.29) is 30.2 Å². The number of hydrogen-bond donors (Lipinski definition) is 3. The SMILES string of the molecule is COc1ccc(Oc2cc(NCOc3ccc(C#N)cc3)c(O)cc2NC(=O)C(C)C(C)C)cc1. The minimum atomic E-state index is -0.232. The predicted molar refractivity (Wildman–Crippen MR) is 134 cm³/mol. The molecule has 0 saturated heterocycles. The molecular weight excluding hydrogens is 446 g/mol.